The maximum Gasteiger partial charge on any atom is 0.188 e. The number of nitrogens with two attached hydrogens (primary N) is 1. The van der Waals surface area contributed by atoms with E-state index in [9.17, 15) is 0 Å². The lowest BCUT2D eigenvalue weighted by molar-refractivity contribution is 0.133. The quantitative estimate of drug-likeness (QED) is 0.301. The number of guanidine groups is 1. The molecular weight excluding hydrogens is 262 g/mol. The van der Waals surface area contributed by atoms with Crippen molar-refractivity contribution in [1.82, 2.24) is 5.32 Å². The maximum absolute atomic E-state index is 5.72. The first-order valence-corrected chi connectivity index (χ1v) is 7.48. The van der Waals surface area contributed by atoms with Crippen LogP contribution in [-0.4, -0.2) is 32.3 Å². The highest BCUT2D eigenvalue weighted by Crippen LogP contribution is 2.00. The summed E-state index contributed by atoms with van der Waals surface area (Å²) in [6.07, 6.45) is 3.02. The van der Waals surface area contributed by atoms with Crippen molar-refractivity contribution in [2.75, 3.05) is 26.3 Å². The van der Waals surface area contributed by atoms with E-state index in [2.05, 4.69) is 41.2 Å². The Kier molecular flexibility index (Phi) is 8.96. The number of benzene rings is 1. The van der Waals surface area contributed by atoms with Crippen molar-refractivity contribution in [1.29, 1.82) is 0 Å². The van der Waals surface area contributed by atoms with Gasteiger partial charge in [-0.15, -0.1) is 0 Å². The minimum atomic E-state index is 0.489. The van der Waals surface area contributed by atoms with E-state index in [1.807, 2.05) is 13.0 Å². The zero-order valence-electron chi connectivity index (χ0n) is 13.0. The lowest BCUT2D eigenvalue weighted by Crippen LogP contribution is -2.32. The van der Waals surface area contributed by atoms with Crippen LogP contribution in [0.25, 0.3) is 0 Å². The second-order valence-electron chi connectivity index (χ2n) is 5.14. The minimum absolute atomic E-state index is 0.489. The summed E-state index contributed by atoms with van der Waals surface area (Å²) in [6, 6.07) is 10.4. The molecule has 0 aromatic heterocycles. The number of nitrogens with zero attached hydrogens (tertiary/aromatic N) is 1. The molecule has 116 valence electrons. The number of ether oxygens (including phenoxy) is 1. The van der Waals surface area contributed by atoms with Gasteiger partial charge in [-0.2, -0.15) is 0 Å². The van der Waals surface area contributed by atoms with Gasteiger partial charge >= 0.3 is 0 Å². The lowest BCUT2D eigenvalue weighted by atomic mass is 10.2. The average molecular weight is 289 g/mol. The van der Waals surface area contributed by atoms with Gasteiger partial charge in [0.2, 0.25) is 0 Å². The average Bonchev–Trinajstić information content (AvgIpc) is 2.49. The molecule has 0 fully saturated rings. The number of nitrogens with one attached hydrogen (secondary N) is 1. The van der Waals surface area contributed by atoms with Gasteiger partial charge in [-0.05, 0) is 31.7 Å². The van der Waals surface area contributed by atoms with Crippen LogP contribution in [0, 0.1) is 0 Å². The Hall–Kier alpha value is -1.81. The summed E-state index contributed by atoms with van der Waals surface area (Å²) in [5.74, 6) is 0.489. The van der Waals surface area contributed by atoms with E-state index in [0.29, 0.717) is 12.5 Å². The molecule has 0 heterocycles. The van der Waals surface area contributed by atoms with E-state index >= 15 is 0 Å². The lowest BCUT2D eigenvalue weighted by Gasteiger charge is -2.06. The number of unbranched alkanes of at least 4 members (excludes halogenated alkanes) is 1. The van der Waals surface area contributed by atoms with E-state index in [-0.39, 0.29) is 0 Å². The standard InChI is InChI=1S/C17H27N3O/c1-15(2)14-20-17(18)19-11-6-7-12-21-13-10-16-8-4-3-5-9-16/h3-5,8-9H,1,6-7,10-14H2,2H3,(H3,18,19,20). The zero-order chi connectivity index (χ0) is 15.3. The largest absolute Gasteiger partial charge is 0.381 e. The van der Waals surface area contributed by atoms with Gasteiger partial charge in [-0.3, -0.25) is 0 Å². The van der Waals surface area contributed by atoms with Crippen molar-refractivity contribution in [3.63, 3.8) is 0 Å². The van der Waals surface area contributed by atoms with E-state index in [4.69, 9.17) is 10.5 Å². The third kappa shape index (κ3) is 9.68. The van der Waals surface area contributed by atoms with Crippen LogP contribution in [0.4, 0.5) is 0 Å². The highest BCUT2D eigenvalue weighted by molar-refractivity contribution is 5.77. The van der Waals surface area contributed by atoms with Crippen molar-refractivity contribution in [3.05, 3.63) is 48.0 Å². The van der Waals surface area contributed by atoms with Crippen LogP contribution in [0.1, 0.15) is 25.3 Å². The number of aliphatic imine (C=N–C) groups is 1. The Morgan fingerprint density at radius 3 is 2.71 bits per heavy atom. The number of hydrogen-bond donors (Lipinski definition) is 2. The molecule has 0 radical (unpaired) electrons. The summed E-state index contributed by atoms with van der Waals surface area (Å²) in [7, 11) is 0. The van der Waals surface area contributed by atoms with Gasteiger partial charge in [0.25, 0.3) is 0 Å². The van der Waals surface area contributed by atoms with Crippen molar-refractivity contribution in [2.24, 2.45) is 10.7 Å². The first-order chi connectivity index (χ1) is 10.2. The molecule has 0 aliphatic rings. The highest BCUT2D eigenvalue weighted by atomic mass is 16.5. The molecule has 21 heavy (non-hydrogen) atoms. The van der Waals surface area contributed by atoms with Crippen LogP contribution in [0.3, 0.4) is 0 Å². The third-order valence-corrected chi connectivity index (χ3v) is 2.92. The molecule has 0 unspecified atom stereocenters. The summed E-state index contributed by atoms with van der Waals surface area (Å²) >= 11 is 0. The molecule has 4 nitrogen and oxygen atoms in total. The van der Waals surface area contributed by atoms with Crippen LogP contribution in [-0.2, 0) is 11.2 Å². The molecule has 1 aromatic carbocycles. The molecule has 0 bridgehead atoms. The molecular formula is C17H27N3O. The van der Waals surface area contributed by atoms with Crippen LogP contribution in [0.5, 0.6) is 0 Å². The van der Waals surface area contributed by atoms with Crippen LogP contribution in [0.2, 0.25) is 0 Å². The molecule has 4 heteroatoms. The fourth-order valence-corrected chi connectivity index (χ4v) is 1.76. The molecule has 0 saturated carbocycles. The highest BCUT2D eigenvalue weighted by Gasteiger charge is 1.94. The molecule has 0 saturated heterocycles. The Labute approximate surface area is 128 Å². The van der Waals surface area contributed by atoms with Crippen LogP contribution < -0.4 is 11.1 Å². The van der Waals surface area contributed by atoms with Gasteiger partial charge in [-0.1, -0.05) is 42.5 Å². The van der Waals surface area contributed by atoms with Crippen LogP contribution in [0.15, 0.2) is 47.5 Å². The van der Waals surface area contributed by atoms with E-state index in [1.54, 1.807) is 0 Å². The molecule has 1 rings (SSSR count). The van der Waals surface area contributed by atoms with E-state index in [1.165, 1.54) is 5.56 Å². The predicted molar refractivity (Wildman–Crippen MR) is 89.5 cm³/mol. The Balaban J connectivity index is 1.93. The van der Waals surface area contributed by atoms with Gasteiger partial charge in [0.15, 0.2) is 5.96 Å². The Bertz CT molecular complexity index is 429. The van der Waals surface area contributed by atoms with Crippen LogP contribution >= 0.6 is 0 Å². The second kappa shape index (κ2) is 10.9. The molecule has 0 amide bonds. The van der Waals surface area contributed by atoms with Gasteiger partial charge in [-0.25, -0.2) is 4.99 Å². The van der Waals surface area contributed by atoms with Gasteiger partial charge < -0.3 is 15.8 Å². The van der Waals surface area contributed by atoms with Crippen molar-refractivity contribution in [2.45, 2.75) is 26.2 Å². The van der Waals surface area contributed by atoms with E-state index < -0.39 is 0 Å². The molecule has 1 aromatic rings. The second-order valence-corrected chi connectivity index (χ2v) is 5.14. The SMILES string of the molecule is C=C(C)CN=C(N)NCCCCOCCc1ccccc1. The first kappa shape index (κ1) is 17.2. The predicted octanol–water partition coefficient (Wildman–Crippen LogP) is 2.51. The fourth-order valence-electron chi connectivity index (χ4n) is 1.76. The van der Waals surface area contributed by atoms with E-state index in [0.717, 1.165) is 44.6 Å². The molecule has 0 spiro atoms. The van der Waals surface area contributed by atoms with Gasteiger partial charge in [0, 0.05) is 13.2 Å². The Morgan fingerprint density at radius 2 is 2.00 bits per heavy atom. The summed E-state index contributed by atoms with van der Waals surface area (Å²) in [4.78, 5) is 4.16. The fraction of sp³-hybridized carbons (Fsp3) is 0.471. The first-order valence-electron chi connectivity index (χ1n) is 7.48. The maximum atomic E-state index is 5.72. The molecule has 0 atom stereocenters. The summed E-state index contributed by atoms with van der Waals surface area (Å²) in [6.45, 7) is 8.69. The minimum Gasteiger partial charge on any atom is -0.381 e. The number of hydrogen-bond acceptors (Lipinski definition) is 2. The molecule has 0 aliphatic carbocycles. The topological polar surface area (TPSA) is 59.6 Å². The molecule has 3 N–H and O–H groups in total. The third-order valence-electron chi connectivity index (χ3n) is 2.92. The summed E-state index contributed by atoms with van der Waals surface area (Å²) in [5.41, 5.74) is 8.04. The monoisotopic (exact) mass is 289 g/mol. The molecule has 0 aliphatic heterocycles. The van der Waals surface area contributed by atoms with Gasteiger partial charge in [0.05, 0.1) is 13.2 Å². The van der Waals surface area contributed by atoms with Crippen molar-refractivity contribution < 1.29 is 4.74 Å². The smallest absolute Gasteiger partial charge is 0.188 e. The summed E-state index contributed by atoms with van der Waals surface area (Å²) in [5, 5.41) is 3.09. The number of rotatable bonds is 10. The summed E-state index contributed by atoms with van der Waals surface area (Å²) < 4.78 is 5.62. The zero-order valence-corrected chi connectivity index (χ0v) is 13.0. The van der Waals surface area contributed by atoms with Crippen molar-refractivity contribution >= 4 is 5.96 Å². The van der Waals surface area contributed by atoms with Crippen molar-refractivity contribution in [3.8, 4) is 0 Å². The Morgan fingerprint density at radius 1 is 1.24 bits per heavy atom. The van der Waals surface area contributed by atoms with Gasteiger partial charge in [0.1, 0.15) is 0 Å². The normalized spacial score (nSPS) is 11.4.